The smallest absolute Gasteiger partial charge is 0.230 e. The molecule has 0 fully saturated rings. The van der Waals surface area contributed by atoms with Gasteiger partial charge >= 0.3 is 0 Å². The molecule has 0 saturated heterocycles. The molecule has 2 atom stereocenters. The Hall–Kier alpha value is -1.43. The number of carbonyl (C=O) groups excluding carboxylic acids is 1. The fraction of sp³-hybridized carbons (Fsp3) is 0.583. The van der Waals surface area contributed by atoms with E-state index in [0.717, 1.165) is 0 Å². The van der Waals surface area contributed by atoms with Gasteiger partial charge in [0, 0.05) is 18.4 Å². The van der Waals surface area contributed by atoms with Crippen molar-refractivity contribution in [3.63, 3.8) is 0 Å². The molecule has 1 heterocycles. The van der Waals surface area contributed by atoms with Gasteiger partial charge in [0.1, 0.15) is 0 Å². The molecular weight excluding hydrogens is 248 g/mol. The van der Waals surface area contributed by atoms with Crippen molar-refractivity contribution in [2.24, 2.45) is 17.6 Å². The van der Waals surface area contributed by atoms with Gasteiger partial charge in [-0.15, -0.1) is 0 Å². The fourth-order valence-corrected chi connectivity index (χ4v) is 2.21. The lowest BCUT2D eigenvalue weighted by molar-refractivity contribution is -0.124. The molecule has 5 nitrogen and oxygen atoms in total. The molecule has 0 aliphatic heterocycles. The summed E-state index contributed by atoms with van der Waals surface area (Å²) < 4.78 is 1.77. The first-order chi connectivity index (χ1) is 8.41. The first-order valence-electron chi connectivity index (χ1n) is 5.99. The summed E-state index contributed by atoms with van der Waals surface area (Å²) in [7, 11) is 0. The van der Waals surface area contributed by atoms with E-state index < -0.39 is 5.92 Å². The molecule has 0 spiro atoms. The minimum Gasteiger partial charge on any atom is -0.393 e. The molecule has 18 heavy (non-hydrogen) atoms. The van der Waals surface area contributed by atoms with Crippen LogP contribution in [0.3, 0.4) is 0 Å². The summed E-state index contributed by atoms with van der Waals surface area (Å²) in [5, 5.41) is 7.01. The van der Waals surface area contributed by atoms with Gasteiger partial charge in [-0.3, -0.25) is 9.48 Å². The standard InChI is InChI=1S/C12H20N4OS/c1-8(2)10(11(13)18)12(17)15-9(3)7-16-6-4-5-14-16/h4-6,8-10H,7H2,1-3H3,(H2,13,18)(H,15,17). The van der Waals surface area contributed by atoms with Crippen molar-refractivity contribution in [3.8, 4) is 0 Å². The zero-order valence-electron chi connectivity index (χ0n) is 11.0. The lowest BCUT2D eigenvalue weighted by Gasteiger charge is -2.22. The van der Waals surface area contributed by atoms with Gasteiger partial charge in [-0.2, -0.15) is 5.10 Å². The Bertz CT molecular complexity index is 402. The van der Waals surface area contributed by atoms with Crippen LogP contribution in [0.2, 0.25) is 0 Å². The van der Waals surface area contributed by atoms with E-state index in [2.05, 4.69) is 10.4 Å². The summed E-state index contributed by atoms with van der Waals surface area (Å²) in [5.74, 6) is -0.434. The van der Waals surface area contributed by atoms with Gasteiger partial charge in [-0.1, -0.05) is 26.1 Å². The first-order valence-corrected chi connectivity index (χ1v) is 6.39. The molecule has 0 saturated carbocycles. The Morgan fingerprint density at radius 2 is 2.17 bits per heavy atom. The summed E-state index contributed by atoms with van der Waals surface area (Å²) in [6.45, 7) is 6.42. The van der Waals surface area contributed by atoms with Gasteiger partial charge in [0.25, 0.3) is 0 Å². The molecule has 0 radical (unpaired) electrons. The number of rotatable bonds is 6. The highest BCUT2D eigenvalue weighted by Gasteiger charge is 2.25. The highest BCUT2D eigenvalue weighted by atomic mass is 32.1. The summed E-state index contributed by atoms with van der Waals surface area (Å²) in [6, 6.07) is 1.83. The molecule has 3 N–H and O–H groups in total. The van der Waals surface area contributed by atoms with E-state index in [4.69, 9.17) is 18.0 Å². The molecule has 0 aliphatic carbocycles. The molecule has 2 unspecified atom stereocenters. The Kier molecular flexibility index (Phi) is 5.27. The van der Waals surface area contributed by atoms with Crippen LogP contribution in [0.1, 0.15) is 20.8 Å². The van der Waals surface area contributed by atoms with Crippen molar-refractivity contribution in [2.75, 3.05) is 0 Å². The SMILES string of the molecule is CC(Cn1cccn1)NC(=O)C(C(N)=S)C(C)C. The van der Waals surface area contributed by atoms with Crippen molar-refractivity contribution in [1.29, 1.82) is 0 Å². The Morgan fingerprint density at radius 1 is 1.50 bits per heavy atom. The molecule has 6 heteroatoms. The highest BCUT2D eigenvalue weighted by Crippen LogP contribution is 2.11. The number of hydrogen-bond acceptors (Lipinski definition) is 3. The number of thiocarbonyl (C=S) groups is 1. The predicted molar refractivity (Wildman–Crippen MR) is 74.9 cm³/mol. The van der Waals surface area contributed by atoms with Gasteiger partial charge in [0.05, 0.1) is 17.5 Å². The Labute approximate surface area is 113 Å². The zero-order chi connectivity index (χ0) is 13.7. The van der Waals surface area contributed by atoms with Gasteiger partial charge in [-0.05, 0) is 18.9 Å². The minimum absolute atomic E-state index is 0.0204. The van der Waals surface area contributed by atoms with Crippen LogP contribution >= 0.6 is 12.2 Å². The van der Waals surface area contributed by atoms with Crippen LogP contribution < -0.4 is 11.1 Å². The summed E-state index contributed by atoms with van der Waals surface area (Å²) in [5.41, 5.74) is 5.60. The number of amides is 1. The van der Waals surface area contributed by atoms with Crippen LogP contribution in [0, 0.1) is 11.8 Å². The molecule has 1 rings (SSSR count). The Morgan fingerprint density at radius 3 is 2.61 bits per heavy atom. The van der Waals surface area contributed by atoms with Crippen LogP contribution in [0.15, 0.2) is 18.5 Å². The molecule has 100 valence electrons. The minimum atomic E-state index is -0.417. The number of aromatic nitrogens is 2. The topological polar surface area (TPSA) is 72.9 Å². The monoisotopic (exact) mass is 268 g/mol. The molecule has 0 aliphatic rings. The normalized spacial score (nSPS) is 14.2. The van der Waals surface area contributed by atoms with E-state index in [1.807, 2.05) is 33.0 Å². The predicted octanol–water partition coefficient (Wildman–Crippen LogP) is 0.946. The number of carbonyl (C=O) groups is 1. The van der Waals surface area contributed by atoms with E-state index in [1.165, 1.54) is 0 Å². The first kappa shape index (κ1) is 14.6. The van der Waals surface area contributed by atoms with E-state index in [0.29, 0.717) is 6.54 Å². The van der Waals surface area contributed by atoms with Crippen molar-refractivity contribution >= 4 is 23.1 Å². The number of nitrogens with zero attached hydrogens (tertiary/aromatic N) is 2. The van der Waals surface area contributed by atoms with Crippen molar-refractivity contribution in [1.82, 2.24) is 15.1 Å². The van der Waals surface area contributed by atoms with E-state index in [1.54, 1.807) is 10.9 Å². The number of nitrogens with two attached hydrogens (primary N) is 1. The quantitative estimate of drug-likeness (QED) is 0.753. The maximum atomic E-state index is 12.1. The van der Waals surface area contributed by atoms with Crippen molar-refractivity contribution in [2.45, 2.75) is 33.4 Å². The summed E-state index contributed by atoms with van der Waals surface area (Å²) >= 11 is 4.94. The van der Waals surface area contributed by atoms with Crippen LogP contribution in [-0.2, 0) is 11.3 Å². The van der Waals surface area contributed by atoms with E-state index in [-0.39, 0.29) is 22.9 Å². The number of hydrogen-bond donors (Lipinski definition) is 2. The van der Waals surface area contributed by atoms with Crippen LogP contribution in [-0.4, -0.2) is 26.7 Å². The third kappa shape index (κ3) is 4.10. The van der Waals surface area contributed by atoms with Crippen molar-refractivity contribution in [3.05, 3.63) is 18.5 Å². The van der Waals surface area contributed by atoms with Gasteiger partial charge in [0.15, 0.2) is 0 Å². The maximum Gasteiger partial charge on any atom is 0.230 e. The third-order valence-electron chi connectivity index (χ3n) is 2.66. The van der Waals surface area contributed by atoms with Crippen LogP contribution in [0.4, 0.5) is 0 Å². The molecule has 0 bridgehead atoms. The molecule has 0 aromatic carbocycles. The molecule has 1 aromatic heterocycles. The second kappa shape index (κ2) is 6.49. The van der Waals surface area contributed by atoms with E-state index in [9.17, 15) is 4.79 Å². The average molecular weight is 268 g/mol. The summed E-state index contributed by atoms with van der Waals surface area (Å²) in [6.07, 6.45) is 3.57. The van der Waals surface area contributed by atoms with Crippen molar-refractivity contribution < 1.29 is 4.79 Å². The lowest BCUT2D eigenvalue weighted by Crippen LogP contribution is -2.45. The second-order valence-corrected chi connectivity index (χ2v) is 5.23. The van der Waals surface area contributed by atoms with Gasteiger partial charge in [0.2, 0.25) is 5.91 Å². The largest absolute Gasteiger partial charge is 0.393 e. The highest BCUT2D eigenvalue weighted by molar-refractivity contribution is 7.80. The maximum absolute atomic E-state index is 12.1. The van der Waals surface area contributed by atoms with Crippen LogP contribution in [0.25, 0.3) is 0 Å². The fourth-order valence-electron chi connectivity index (χ4n) is 1.83. The zero-order valence-corrected chi connectivity index (χ0v) is 11.8. The average Bonchev–Trinajstić information content (AvgIpc) is 2.67. The molecule has 1 amide bonds. The van der Waals surface area contributed by atoms with Crippen LogP contribution in [0.5, 0.6) is 0 Å². The lowest BCUT2D eigenvalue weighted by atomic mass is 9.94. The third-order valence-corrected chi connectivity index (χ3v) is 2.92. The van der Waals surface area contributed by atoms with Gasteiger partial charge in [-0.25, -0.2) is 0 Å². The Balaban J connectivity index is 2.55. The molecular formula is C12H20N4OS. The van der Waals surface area contributed by atoms with E-state index >= 15 is 0 Å². The number of nitrogens with one attached hydrogen (secondary N) is 1. The molecule has 1 aromatic rings. The second-order valence-electron chi connectivity index (χ2n) is 4.76. The summed E-state index contributed by atoms with van der Waals surface area (Å²) in [4.78, 5) is 12.3. The van der Waals surface area contributed by atoms with Gasteiger partial charge < -0.3 is 11.1 Å².